The van der Waals surface area contributed by atoms with Gasteiger partial charge in [0.1, 0.15) is 0 Å². The van der Waals surface area contributed by atoms with Crippen LogP contribution in [0.2, 0.25) is 0 Å². The topological polar surface area (TPSA) is 87.7 Å². The molecule has 3 rings (SSSR count). The normalized spacial score (nSPS) is 34.2. The van der Waals surface area contributed by atoms with Gasteiger partial charge in [-0.1, -0.05) is 0 Å². The number of nitrogens with zero attached hydrogens (tertiary/aromatic N) is 1. The summed E-state index contributed by atoms with van der Waals surface area (Å²) in [5, 5.41) is 5.82. The van der Waals surface area contributed by atoms with Gasteiger partial charge in [0.2, 0.25) is 17.7 Å². The number of carbonyl (C=O) groups is 3. The first-order valence-corrected chi connectivity index (χ1v) is 7.97. The van der Waals surface area contributed by atoms with E-state index in [1.807, 2.05) is 14.0 Å². The molecule has 3 amide bonds. The molecular weight excluding hydrogens is 286 g/mol. The molecule has 0 aromatic carbocycles. The number of amides is 3. The number of ether oxygens (including phenoxy) is 1. The van der Waals surface area contributed by atoms with E-state index in [-0.39, 0.29) is 60.8 Å². The fourth-order valence-electron chi connectivity index (χ4n) is 3.66. The molecule has 122 valence electrons. The van der Waals surface area contributed by atoms with Crippen molar-refractivity contribution in [2.75, 3.05) is 20.1 Å². The Morgan fingerprint density at radius 1 is 1.27 bits per heavy atom. The zero-order valence-corrected chi connectivity index (χ0v) is 13.0. The van der Waals surface area contributed by atoms with E-state index in [2.05, 4.69) is 10.6 Å². The average Bonchev–Trinajstić information content (AvgIpc) is 3.18. The maximum absolute atomic E-state index is 12.4. The molecular formula is C15H23N3O4. The highest BCUT2D eigenvalue weighted by Crippen LogP contribution is 2.48. The molecule has 7 nitrogen and oxygen atoms in total. The first-order valence-electron chi connectivity index (χ1n) is 7.97. The van der Waals surface area contributed by atoms with Crippen LogP contribution in [0.15, 0.2) is 0 Å². The Labute approximate surface area is 129 Å². The van der Waals surface area contributed by atoms with Crippen LogP contribution >= 0.6 is 0 Å². The minimum absolute atomic E-state index is 0.0956. The Morgan fingerprint density at radius 3 is 2.41 bits per heavy atom. The number of likely N-dealkylation sites (N-methyl/N-ethyl adjacent to an activating group) is 1. The monoisotopic (exact) mass is 309 g/mol. The van der Waals surface area contributed by atoms with Crippen LogP contribution in [-0.2, 0) is 19.1 Å². The van der Waals surface area contributed by atoms with Gasteiger partial charge in [-0.25, -0.2) is 0 Å². The molecule has 3 aliphatic heterocycles. The van der Waals surface area contributed by atoms with Crippen LogP contribution in [0.4, 0.5) is 0 Å². The summed E-state index contributed by atoms with van der Waals surface area (Å²) in [6.07, 6.45) is 1.69. The second-order valence-corrected chi connectivity index (χ2v) is 6.41. The minimum atomic E-state index is -0.307. The third kappa shape index (κ3) is 2.52. The van der Waals surface area contributed by atoms with Crippen LogP contribution in [-0.4, -0.2) is 61.0 Å². The maximum Gasteiger partial charge on any atom is 0.235 e. The van der Waals surface area contributed by atoms with Gasteiger partial charge < -0.3 is 15.4 Å². The molecule has 22 heavy (non-hydrogen) atoms. The average molecular weight is 309 g/mol. The number of hydrogen-bond donors (Lipinski definition) is 2. The van der Waals surface area contributed by atoms with Gasteiger partial charge in [0.25, 0.3) is 0 Å². The van der Waals surface area contributed by atoms with Crippen molar-refractivity contribution in [1.82, 2.24) is 15.5 Å². The predicted octanol–water partition coefficient (Wildman–Crippen LogP) is -0.737. The second kappa shape index (κ2) is 5.96. The van der Waals surface area contributed by atoms with Crippen molar-refractivity contribution in [3.63, 3.8) is 0 Å². The van der Waals surface area contributed by atoms with Crippen LogP contribution in [0.25, 0.3) is 0 Å². The largest absolute Gasteiger partial charge is 0.373 e. The molecule has 3 aliphatic rings. The van der Waals surface area contributed by atoms with Gasteiger partial charge in [0, 0.05) is 25.6 Å². The Morgan fingerprint density at radius 2 is 1.86 bits per heavy atom. The van der Waals surface area contributed by atoms with Crippen molar-refractivity contribution in [3.05, 3.63) is 0 Å². The SMILES string of the molecule is CNC(C)CNC(=O)CCN1C(=O)C2C3CCC(O3)C2C1=O. The molecule has 0 aromatic heterocycles. The number of carbonyl (C=O) groups excluding carboxylic acids is 3. The summed E-state index contributed by atoms with van der Waals surface area (Å²) in [5.41, 5.74) is 0. The van der Waals surface area contributed by atoms with Crippen LogP contribution < -0.4 is 10.6 Å². The molecule has 2 N–H and O–H groups in total. The van der Waals surface area contributed by atoms with Gasteiger partial charge >= 0.3 is 0 Å². The van der Waals surface area contributed by atoms with Crippen molar-refractivity contribution in [2.24, 2.45) is 11.8 Å². The molecule has 2 bridgehead atoms. The Bertz CT molecular complexity index is 467. The quantitative estimate of drug-likeness (QED) is 0.631. The van der Waals surface area contributed by atoms with Gasteiger partial charge in [-0.05, 0) is 26.8 Å². The lowest BCUT2D eigenvalue weighted by molar-refractivity contribution is -0.142. The van der Waals surface area contributed by atoms with Crippen LogP contribution in [0, 0.1) is 11.8 Å². The molecule has 7 heteroatoms. The number of imide groups is 1. The summed E-state index contributed by atoms with van der Waals surface area (Å²) in [6, 6.07) is 0.186. The van der Waals surface area contributed by atoms with E-state index in [9.17, 15) is 14.4 Å². The lowest BCUT2D eigenvalue weighted by Gasteiger charge is -2.17. The van der Waals surface area contributed by atoms with Crippen LogP contribution in [0.5, 0.6) is 0 Å². The number of hydrogen-bond acceptors (Lipinski definition) is 5. The Balaban J connectivity index is 1.52. The number of likely N-dealkylation sites (tertiary alicyclic amines) is 1. The van der Waals surface area contributed by atoms with E-state index >= 15 is 0 Å². The molecule has 3 fully saturated rings. The van der Waals surface area contributed by atoms with Gasteiger partial charge in [-0.2, -0.15) is 0 Å². The molecule has 0 radical (unpaired) electrons. The van der Waals surface area contributed by atoms with E-state index in [0.717, 1.165) is 12.8 Å². The summed E-state index contributed by atoms with van der Waals surface area (Å²) in [6.45, 7) is 2.66. The summed E-state index contributed by atoms with van der Waals surface area (Å²) >= 11 is 0. The molecule has 0 aliphatic carbocycles. The van der Waals surface area contributed by atoms with Gasteiger partial charge in [-0.15, -0.1) is 0 Å². The molecule has 5 atom stereocenters. The maximum atomic E-state index is 12.4. The number of fused-ring (bicyclic) bond motifs is 5. The fraction of sp³-hybridized carbons (Fsp3) is 0.800. The molecule has 3 heterocycles. The fourth-order valence-corrected chi connectivity index (χ4v) is 3.66. The highest BCUT2D eigenvalue weighted by atomic mass is 16.5. The predicted molar refractivity (Wildman–Crippen MR) is 77.7 cm³/mol. The third-order valence-electron chi connectivity index (χ3n) is 5.04. The summed E-state index contributed by atoms with van der Waals surface area (Å²) < 4.78 is 5.68. The lowest BCUT2D eigenvalue weighted by Crippen LogP contribution is -2.40. The van der Waals surface area contributed by atoms with Gasteiger partial charge in [0.15, 0.2) is 0 Å². The van der Waals surface area contributed by atoms with Crippen LogP contribution in [0.3, 0.4) is 0 Å². The first-order chi connectivity index (χ1) is 10.5. The van der Waals surface area contributed by atoms with E-state index < -0.39 is 0 Å². The minimum Gasteiger partial charge on any atom is -0.373 e. The zero-order chi connectivity index (χ0) is 15.9. The zero-order valence-electron chi connectivity index (χ0n) is 13.0. The van der Waals surface area contributed by atoms with Gasteiger partial charge in [-0.3, -0.25) is 19.3 Å². The molecule has 0 saturated carbocycles. The number of rotatable bonds is 6. The van der Waals surface area contributed by atoms with E-state index in [1.165, 1.54) is 4.90 Å². The molecule has 3 saturated heterocycles. The Kier molecular flexibility index (Phi) is 4.18. The number of nitrogens with one attached hydrogen (secondary N) is 2. The van der Waals surface area contributed by atoms with Gasteiger partial charge in [0.05, 0.1) is 24.0 Å². The van der Waals surface area contributed by atoms with E-state index in [1.54, 1.807) is 0 Å². The first kappa shape index (κ1) is 15.4. The smallest absolute Gasteiger partial charge is 0.235 e. The highest BCUT2D eigenvalue weighted by Gasteiger charge is 2.62. The lowest BCUT2D eigenvalue weighted by atomic mass is 9.81. The van der Waals surface area contributed by atoms with Crippen molar-refractivity contribution in [2.45, 2.75) is 44.4 Å². The van der Waals surface area contributed by atoms with Crippen LogP contribution in [0.1, 0.15) is 26.2 Å². The van der Waals surface area contributed by atoms with Crippen molar-refractivity contribution >= 4 is 17.7 Å². The third-order valence-corrected chi connectivity index (χ3v) is 5.04. The van der Waals surface area contributed by atoms with Crippen molar-refractivity contribution in [1.29, 1.82) is 0 Å². The summed E-state index contributed by atoms with van der Waals surface area (Å²) in [4.78, 5) is 37.9. The second-order valence-electron chi connectivity index (χ2n) is 6.41. The Hall–Kier alpha value is -1.47. The molecule has 0 spiro atoms. The standard InChI is InChI=1S/C15H23N3O4/c1-8(16-2)7-17-11(19)5-6-18-14(20)12-9-3-4-10(22-9)13(12)15(18)21/h8-10,12-13,16H,3-7H2,1-2H3,(H,17,19). The highest BCUT2D eigenvalue weighted by molar-refractivity contribution is 6.06. The summed E-state index contributed by atoms with van der Waals surface area (Å²) in [5.74, 6) is -1.06. The molecule has 0 aromatic rings. The van der Waals surface area contributed by atoms with E-state index in [0.29, 0.717) is 6.54 Å². The van der Waals surface area contributed by atoms with Crippen molar-refractivity contribution < 1.29 is 19.1 Å². The van der Waals surface area contributed by atoms with Crippen molar-refractivity contribution in [3.8, 4) is 0 Å². The van der Waals surface area contributed by atoms with E-state index in [4.69, 9.17) is 4.74 Å². The summed E-state index contributed by atoms with van der Waals surface area (Å²) in [7, 11) is 1.83. The molecule has 5 unspecified atom stereocenters.